The Labute approximate surface area is 180 Å². The molecular formula is C20H27N5O5S. The molecule has 31 heavy (non-hydrogen) atoms. The van der Waals surface area contributed by atoms with Crippen molar-refractivity contribution in [1.82, 2.24) is 19.9 Å². The summed E-state index contributed by atoms with van der Waals surface area (Å²) < 4.78 is 20.4. The number of rotatable bonds is 9. The van der Waals surface area contributed by atoms with Crippen LogP contribution in [0.5, 0.6) is 0 Å². The number of carboxylic acid groups (broad SMARTS) is 1. The van der Waals surface area contributed by atoms with E-state index < -0.39 is 27.7 Å². The lowest BCUT2D eigenvalue weighted by Crippen LogP contribution is -2.39. The minimum atomic E-state index is -2.47. The van der Waals surface area contributed by atoms with E-state index in [1.807, 2.05) is 0 Å². The van der Waals surface area contributed by atoms with E-state index >= 15 is 0 Å². The molecule has 2 aromatic rings. The Morgan fingerprint density at radius 3 is 2.74 bits per heavy atom. The fraction of sp³-hybridized carbons (Fsp3) is 0.500. The smallest absolute Gasteiger partial charge is 0.313 e. The van der Waals surface area contributed by atoms with Crippen molar-refractivity contribution in [3.05, 3.63) is 41.7 Å². The minimum absolute atomic E-state index is 0.0300. The van der Waals surface area contributed by atoms with Gasteiger partial charge >= 0.3 is 5.97 Å². The molecule has 2 unspecified atom stereocenters. The second kappa shape index (κ2) is 9.15. The standard InChI is InChI=1S/C20H27N5O5S/c1-31(21,30)10-3-2-6-16-12-25(23-22-16)17-7-4-5-15(11-17)18(27)24-9-8-20(13-24,14-26)19(28)29/h4-5,7,11-12,21,26H,2-3,6,8-10,13-14H2,1H3,(H,28,29). The van der Waals surface area contributed by atoms with E-state index in [1.54, 1.807) is 35.1 Å². The maximum Gasteiger partial charge on any atom is 0.313 e. The summed E-state index contributed by atoms with van der Waals surface area (Å²) in [5.41, 5.74) is 0.511. The summed E-state index contributed by atoms with van der Waals surface area (Å²) in [4.78, 5) is 25.8. The molecule has 1 aromatic heterocycles. The molecule has 1 aromatic carbocycles. The first-order valence-electron chi connectivity index (χ1n) is 10.0. The van der Waals surface area contributed by atoms with E-state index in [4.69, 9.17) is 4.78 Å². The number of carbonyl (C=O) groups is 2. The molecule has 1 fully saturated rings. The molecule has 3 rings (SSSR count). The predicted octanol–water partition coefficient (Wildman–Crippen LogP) is 1.18. The van der Waals surface area contributed by atoms with Crippen molar-refractivity contribution in [2.24, 2.45) is 5.41 Å². The van der Waals surface area contributed by atoms with Gasteiger partial charge in [0.25, 0.3) is 5.91 Å². The largest absolute Gasteiger partial charge is 0.481 e. The maximum absolute atomic E-state index is 12.9. The number of aliphatic carboxylic acids is 1. The number of carbonyl (C=O) groups excluding carboxylic acids is 1. The molecule has 0 bridgehead atoms. The Morgan fingerprint density at radius 2 is 2.10 bits per heavy atom. The summed E-state index contributed by atoms with van der Waals surface area (Å²) in [7, 11) is -2.47. The minimum Gasteiger partial charge on any atom is -0.481 e. The number of hydrogen-bond acceptors (Lipinski definition) is 7. The summed E-state index contributed by atoms with van der Waals surface area (Å²) in [5, 5.41) is 27.2. The Kier molecular flexibility index (Phi) is 6.75. The normalized spacial score (nSPS) is 20.5. The number of unbranched alkanes of at least 4 members (excludes halogenated alkanes) is 1. The zero-order chi connectivity index (χ0) is 22.6. The highest BCUT2D eigenvalue weighted by Crippen LogP contribution is 2.31. The van der Waals surface area contributed by atoms with Crippen LogP contribution in [0.4, 0.5) is 0 Å². The molecule has 10 nitrogen and oxygen atoms in total. The number of likely N-dealkylation sites (tertiary alicyclic amines) is 1. The van der Waals surface area contributed by atoms with Crippen LogP contribution >= 0.6 is 0 Å². The Morgan fingerprint density at radius 1 is 1.32 bits per heavy atom. The molecule has 1 amide bonds. The Hall–Kier alpha value is -2.79. The predicted molar refractivity (Wildman–Crippen MR) is 114 cm³/mol. The number of benzene rings is 1. The highest BCUT2D eigenvalue weighted by Gasteiger charge is 2.46. The average Bonchev–Trinajstić information content (AvgIpc) is 3.38. The van der Waals surface area contributed by atoms with Gasteiger partial charge in [-0.25, -0.2) is 4.68 Å². The van der Waals surface area contributed by atoms with Gasteiger partial charge in [0.15, 0.2) is 0 Å². The zero-order valence-corrected chi connectivity index (χ0v) is 18.2. The first kappa shape index (κ1) is 22.9. The Balaban J connectivity index is 1.66. The number of amides is 1. The number of nitrogens with zero attached hydrogens (tertiary/aromatic N) is 4. The first-order valence-corrected chi connectivity index (χ1v) is 12.1. The molecule has 0 aliphatic carbocycles. The molecule has 0 saturated carbocycles. The number of nitrogens with one attached hydrogen (secondary N) is 1. The fourth-order valence-electron chi connectivity index (χ4n) is 3.60. The van der Waals surface area contributed by atoms with Crippen LogP contribution in [0.2, 0.25) is 0 Å². The molecule has 0 spiro atoms. The lowest BCUT2D eigenvalue weighted by atomic mass is 9.88. The number of carboxylic acids is 1. The van der Waals surface area contributed by atoms with Gasteiger partial charge < -0.3 is 15.1 Å². The fourth-order valence-corrected chi connectivity index (χ4v) is 4.36. The summed E-state index contributed by atoms with van der Waals surface area (Å²) in [5.74, 6) is -1.03. The van der Waals surface area contributed by atoms with Gasteiger partial charge in [-0.05, 0) is 43.9 Å². The summed E-state index contributed by atoms with van der Waals surface area (Å²) in [6, 6.07) is 6.85. The first-order chi connectivity index (χ1) is 14.6. The van der Waals surface area contributed by atoms with Crippen molar-refractivity contribution >= 4 is 21.6 Å². The van der Waals surface area contributed by atoms with Gasteiger partial charge in [0.1, 0.15) is 5.41 Å². The molecule has 2 atom stereocenters. The molecule has 168 valence electrons. The van der Waals surface area contributed by atoms with Crippen LogP contribution in [-0.2, 0) is 20.9 Å². The Bertz CT molecular complexity index is 1070. The van der Waals surface area contributed by atoms with E-state index in [2.05, 4.69) is 10.3 Å². The monoisotopic (exact) mass is 449 g/mol. The second-order valence-corrected chi connectivity index (χ2v) is 10.5. The number of hydrogen-bond donors (Lipinski definition) is 3. The van der Waals surface area contributed by atoms with Crippen LogP contribution < -0.4 is 0 Å². The van der Waals surface area contributed by atoms with Crippen LogP contribution in [0, 0.1) is 10.2 Å². The number of aliphatic hydroxyl groups excluding tert-OH is 1. The van der Waals surface area contributed by atoms with Crippen molar-refractivity contribution in [3.8, 4) is 5.69 Å². The molecule has 1 saturated heterocycles. The summed E-state index contributed by atoms with van der Waals surface area (Å²) in [6.07, 6.45) is 5.50. The van der Waals surface area contributed by atoms with Crippen molar-refractivity contribution < 1.29 is 24.0 Å². The van der Waals surface area contributed by atoms with Gasteiger partial charge in [0.2, 0.25) is 0 Å². The SMILES string of the molecule is CS(=N)(=O)CCCCc1cn(-c2cccc(C(=O)N3CCC(CO)(C(=O)O)C3)c2)nn1. The van der Waals surface area contributed by atoms with Crippen molar-refractivity contribution in [2.75, 3.05) is 31.7 Å². The van der Waals surface area contributed by atoms with Gasteiger partial charge in [-0.2, -0.15) is 0 Å². The molecule has 11 heteroatoms. The van der Waals surface area contributed by atoms with Crippen molar-refractivity contribution in [2.45, 2.75) is 25.7 Å². The van der Waals surface area contributed by atoms with E-state index in [0.717, 1.165) is 12.1 Å². The molecule has 0 radical (unpaired) electrons. The third-order valence-corrected chi connectivity index (χ3v) is 6.58. The molecule has 1 aliphatic heterocycles. The molecular weight excluding hydrogens is 422 g/mol. The van der Waals surface area contributed by atoms with Gasteiger partial charge in [0.05, 0.1) is 24.2 Å². The second-order valence-electron chi connectivity index (χ2n) is 8.09. The number of aryl methyl sites for hydroxylation is 1. The van der Waals surface area contributed by atoms with E-state index in [9.17, 15) is 24.0 Å². The van der Waals surface area contributed by atoms with Crippen LogP contribution in [0.15, 0.2) is 30.5 Å². The third kappa shape index (κ3) is 5.47. The van der Waals surface area contributed by atoms with Gasteiger partial charge in [-0.3, -0.25) is 18.6 Å². The van der Waals surface area contributed by atoms with Crippen molar-refractivity contribution in [3.63, 3.8) is 0 Å². The van der Waals surface area contributed by atoms with Crippen LogP contribution in [0.1, 0.15) is 35.3 Å². The highest BCUT2D eigenvalue weighted by atomic mass is 32.2. The zero-order valence-electron chi connectivity index (χ0n) is 17.4. The quantitative estimate of drug-likeness (QED) is 0.486. The number of aliphatic hydroxyl groups is 1. The number of aromatic nitrogens is 3. The van der Waals surface area contributed by atoms with Gasteiger partial charge in [-0.15, -0.1) is 5.10 Å². The van der Waals surface area contributed by atoms with E-state index in [0.29, 0.717) is 29.8 Å². The maximum atomic E-state index is 12.9. The topological polar surface area (TPSA) is 149 Å². The van der Waals surface area contributed by atoms with E-state index in [-0.39, 0.29) is 25.4 Å². The highest BCUT2D eigenvalue weighted by molar-refractivity contribution is 7.91. The molecule has 1 aliphatic rings. The summed E-state index contributed by atoms with van der Waals surface area (Å²) >= 11 is 0. The van der Waals surface area contributed by atoms with Gasteiger partial charge in [0, 0.05) is 40.4 Å². The van der Waals surface area contributed by atoms with Crippen LogP contribution in [-0.4, -0.2) is 77.9 Å². The molecule has 2 heterocycles. The van der Waals surface area contributed by atoms with Crippen molar-refractivity contribution in [1.29, 1.82) is 4.78 Å². The van der Waals surface area contributed by atoms with Gasteiger partial charge in [-0.1, -0.05) is 11.3 Å². The lowest BCUT2D eigenvalue weighted by molar-refractivity contribution is -0.150. The van der Waals surface area contributed by atoms with Crippen LogP contribution in [0.3, 0.4) is 0 Å². The molecule has 3 N–H and O–H groups in total. The third-order valence-electron chi connectivity index (χ3n) is 5.51. The van der Waals surface area contributed by atoms with E-state index in [1.165, 1.54) is 11.2 Å². The summed E-state index contributed by atoms with van der Waals surface area (Å²) in [6.45, 7) is -0.269. The van der Waals surface area contributed by atoms with Crippen LogP contribution in [0.25, 0.3) is 5.69 Å². The average molecular weight is 450 g/mol. The lowest BCUT2D eigenvalue weighted by Gasteiger charge is -2.22.